The summed E-state index contributed by atoms with van der Waals surface area (Å²) in [4.78, 5) is 14.7. The van der Waals surface area contributed by atoms with Crippen molar-refractivity contribution < 1.29 is 0 Å². The van der Waals surface area contributed by atoms with Gasteiger partial charge in [0.25, 0.3) is 0 Å². The zero-order valence-electron chi connectivity index (χ0n) is 10.8. The molecule has 1 unspecified atom stereocenters. The summed E-state index contributed by atoms with van der Waals surface area (Å²) >= 11 is 5.95. The van der Waals surface area contributed by atoms with Gasteiger partial charge < -0.3 is 10.2 Å². The summed E-state index contributed by atoms with van der Waals surface area (Å²) in [5.74, 6) is 1.06. The van der Waals surface area contributed by atoms with E-state index >= 15 is 0 Å². The van der Waals surface area contributed by atoms with Gasteiger partial charge in [-0.25, -0.2) is 0 Å². The van der Waals surface area contributed by atoms with Crippen LogP contribution in [0.4, 0.5) is 17.6 Å². The van der Waals surface area contributed by atoms with E-state index in [1.807, 2.05) is 6.07 Å². The van der Waals surface area contributed by atoms with Gasteiger partial charge >= 0.3 is 0 Å². The van der Waals surface area contributed by atoms with Gasteiger partial charge in [0.2, 0.25) is 17.2 Å². The van der Waals surface area contributed by atoms with E-state index in [2.05, 4.69) is 50.3 Å². The molecule has 1 N–H and O–H groups in total. The summed E-state index contributed by atoms with van der Waals surface area (Å²) in [7, 11) is 1.76. The Labute approximate surface area is 116 Å². The summed E-state index contributed by atoms with van der Waals surface area (Å²) in [6.45, 7) is 2.15. The van der Waals surface area contributed by atoms with Gasteiger partial charge in [-0.2, -0.15) is 15.0 Å². The van der Waals surface area contributed by atoms with Crippen LogP contribution in [0.1, 0.15) is 12.5 Å². The van der Waals surface area contributed by atoms with E-state index < -0.39 is 0 Å². The summed E-state index contributed by atoms with van der Waals surface area (Å²) < 4.78 is 0. The monoisotopic (exact) mass is 275 g/mol. The predicted molar refractivity (Wildman–Crippen MR) is 76.1 cm³/mol. The second-order valence-electron chi connectivity index (χ2n) is 4.53. The Morgan fingerprint density at radius 3 is 2.84 bits per heavy atom. The Bertz CT molecular complexity index is 616. The van der Waals surface area contributed by atoms with Gasteiger partial charge in [-0.3, -0.25) is 0 Å². The average Bonchev–Trinajstić information content (AvgIpc) is 2.73. The smallest absolute Gasteiger partial charge is 0.236 e. The first-order chi connectivity index (χ1) is 9.19. The fourth-order valence-electron chi connectivity index (χ4n) is 2.43. The Kier molecular flexibility index (Phi) is 2.98. The summed E-state index contributed by atoms with van der Waals surface area (Å²) in [6.07, 6.45) is 0.981. The molecule has 6 heteroatoms. The molecular weight excluding hydrogens is 262 g/mol. The number of fused-ring (bicyclic) bond motifs is 1. The molecule has 0 fully saturated rings. The summed E-state index contributed by atoms with van der Waals surface area (Å²) in [6, 6.07) is 8.59. The van der Waals surface area contributed by atoms with Crippen molar-refractivity contribution in [1.29, 1.82) is 0 Å². The van der Waals surface area contributed by atoms with Crippen molar-refractivity contribution in [2.45, 2.75) is 19.4 Å². The molecule has 0 amide bonds. The molecule has 2 heterocycles. The Morgan fingerprint density at radius 2 is 2.05 bits per heavy atom. The molecule has 98 valence electrons. The first-order valence-corrected chi connectivity index (χ1v) is 6.53. The zero-order chi connectivity index (χ0) is 13.4. The predicted octanol–water partition coefficient (Wildman–Crippen LogP) is 2.65. The molecule has 19 heavy (non-hydrogen) atoms. The lowest BCUT2D eigenvalue weighted by molar-refractivity contribution is 0.737. The third-order valence-corrected chi connectivity index (χ3v) is 3.41. The van der Waals surface area contributed by atoms with Crippen LogP contribution < -0.4 is 10.2 Å². The highest BCUT2D eigenvalue weighted by molar-refractivity contribution is 6.28. The van der Waals surface area contributed by atoms with E-state index in [9.17, 15) is 0 Å². The van der Waals surface area contributed by atoms with E-state index in [0.717, 1.165) is 12.1 Å². The van der Waals surface area contributed by atoms with Crippen molar-refractivity contribution in [2.24, 2.45) is 0 Å². The minimum atomic E-state index is 0.200. The van der Waals surface area contributed by atoms with Crippen LogP contribution >= 0.6 is 11.6 Å². The molecule has 0 saturated carbocycles. The number of hydrogen-bond donors (Lipinski definition) is 1. The number of nitrogens with zero attached hydrogens (tertiary/aromatic N) is 4. The molecular formula is C13H14ClN5. The Balaban J connectivity index is 2.09. The number of rotatable bonds is 2. The first kappa shape index (κ1) is 12.2. The maximum absolute atomic E-state index is 5.95. The van der Waals surface area contributed by atoms with Gasteiger partial charge in [-0.05, 0) is 36.6 Å². The lowest BCUT2D eigenvalue weighted by Gasteiger charge is -2.22. The third-order valence-electron chi connectivity index (χ3n) is 3.24. The van der Waals surface area contributed by atoms with Crippen molar-refractivity contribution >= 4 is 29.2 Å². The molecule has 0 radical (unpaired) electrons. The Hall–Kier alpha value is -1.88. The molecule has 1 aliphatic heterocycles. The maximum atomic E-state index is 5.95. The van der Waals surface area contributed by atoms with Gasteiger partial charge in [0.1, 0.15) is 0 Å². The third kappa shape index (κ3) is 2.10. The molecule has 1 atom stereocenters. The molecule has 1 aromatic carbocycles. The molecule has 1 aliphatic rings. The normalized spacial score (nSPS) is 17.4. The number of anilines is 3. The van der Waals surface area contributed by atoms with Gasteiger partial charge in [0.15, 0.2) is 0 Å². The molecule has 0 saturated heterocycles. The van der Waals surface area contributed by atoms with Gasteiger partial charge in [0.05, 0.1) is 0 Å². The fourth-order valence-corrected chi connectivity index (χ4v) is 2.59. The van der Waals surface area contributed by atoms with Crippen molar-refractivity contribution in [3.63, 3.8) is 0 Å². The SMILES string of the molecule is CNc1nc(Cl)nc(N2c3ccccc3CC2C)n1. The highest BCUT2D eigenvalue weighted by atomic mass is 35.5. The number of benzene rings is 1. The second kappa shape index (κ2) is 4.66. The first-order valence-electron chi connectivity index (χ1n) is 6.15. The number of nitrogens with one attached hydrogen (secondary N) is 1. The van der Waals surface area contributed by atoms with Crippen molar-refractivity contribution in [3.05, 3.63) is 35.1 Å². The number of para-hydroxylation sites is 1. The lowest BCUT2D eigenvalue weighted by Crippen LogP contribution is -2.26. The lowest BCUT2D eigenvalue weighted by atomic mass is 10.1. The average molecular weight is 276 g/mol. The van der Waals surface area contributed by atoms with Gasteiger partial charge in [-0.1, -0.05) is 18.2 Å². The molecule has 5 nitrogen and oxygen atoms in total. The maximum Gasteiger partial charge on any atom is 0.236 e. The van der Waals surface area contributed by atoms with E-state index in [1.54, 1.807) is 7.05 Å². The van der Waals surface area contributed by atoms with Gasteiger partial charge in [-0.15, -0.1) is 0 Å². The summed E-state index contributed by atoms with van der Waals surface area (Å²) in [5, 5.41) is 3.10. The van der Waals surface area contributed by atoms with E-state index in [0.29, 0.717) is 17.9 Å². The van der Waals surface area contributed by atoms with E-state index in [4.69, 9.17) is 11.6 Å². The minimum Gasteiger partial charge on any atom is -0.357 e. The molecule has 2 aromatic rings. The largest absolute Gasteiger partial charge is 0.357 e. The van der Waals surface area contributed by atoms with Crippen LogP contribution in [0.2, 0.25) is 5.28 Å². The fraction of sp³-hybridized carbons (Fsp3) is 0.308. The van der Waals surface area contributed by atoms with Crippen LogP contribution in [0, 0.1) is 0 Å². The molecule has 1 aromatic heterocycles. The van der Waals surface area contributed by atoms with Crippen LogP contribution in [-0.4, -0.2) is 28.0 Å². The van der Waals surface area contributed by atoms with Crippen LogP contribution in [0.25, 0.3) is 0 Å². The highest BCUT2D eigenvalue weighted by Gasteiger charge is 2.29. The topological polar surface area (TPSA) is 53.9 Å². The molecule has 0 bridgehead atoms. The zero-order valence-corrected chi connectivity index (χ0v) is 11.5. The van der Waals surface area contributed by atoms with Crippen molar-refractivity contribution in [2.75, 3.05) is 17.3 Å². The standard InChI is InChI=1S/C13H14ClN5/c1-8-7-9-5-3-4-6-10(9)19(8)13-17-11(14)16-12(15-2)18-13/h3-6,8H,7H2,1-2H3,(H,15,16,17,18). The van der Waals surface area contributed by atoms with E-state index in [-0.39, 0.29) is 5.28 Å². The highest BCUT2D eigenvalue weighted by Crippen LogP contribution is 2.36. The molecule has 3 rings (SSSR count). The summed E-state index contributed by atoms with van der Waals surface area (Å²) in [5.41, 5.74) is 2.44. The Morgan fingerprint density at radius 1 is 1.26 bits per heavy atom. The minimum absolute atomic E-state index is 0.200. The van der Waals surface area contributed by atoms with E-state index in [1.165, 1.54) is 5.56 Å². The number of halogens is 1. The molecule has 0 spiro atoms. The molecule has 0 aliphatic carbocycles. The van der Waals surface area contributed by atoms with Crippen molar-refractivity contribution in [1.82, 2.24) is 15.0 Å². The van der Waals surface area contributed by atoms with Crippen LogP contribution in [0.3, 0.4) is 0 Å². The van der Waals surface area contributed by atoms with Crippen molar-refractivity contribution in [3.8, 4) is 0 Å². The second-order valence-corrected chi connectivity index (χ2v) is 4.87. The quantitative estimate of drug-likeness (QED) is 0.913. The van der Waals surface area contributed by atoms with Gasteiger partial charge in [0, 0.05) is 18.8 Å². The van der Waals surface area contributed by atoms with Crippen LogP contribution in [0.5, 0.6) is 0 Å². The number of hydrogen-bond acceptors (Lipinski definition) is 5. The van der Waals surface area contributed by atoms with Crippen LogP contribution in [0.15, 0.2) is 24.3 Å². The van der Waals surface area contributed by atoms with Crippen LogP contribution in [-0.2, 0) is 6.42 Å². The number of aromatic nitrogens is 3.